The zero-order chi connectivity index (χ0) is 13.2. The molecule has 0 spiro atoms. The standard InChI is InChI=1S/C8H7F3N2O4/c1-4-5(3-14)7(13(15)16)6(2-12-4)17-8(9,10)11/h2,14H,3H2,1H3. The third kappa shape index (κ3) is 3.03. The number of nitro groups is 1. The van der Waals surface area contributed by atoms with Crippen LogP contribution in [0, 0.1) is 17.0 Å². The number of hydrogen-bond acceptors (Lipinski definition) is 5. The van der Waals surface area contributed by atoms with E-state index in [0.29, 0.717) is 6.20 Å². The van der Waals surface area contributed by atoms with Crippen LogP contribution in [0.3, 0.4) is 0 Å². The zero-order valence-corrected chi connectivity index (χ0v) is 8.48. The van der Waals surface area contributed by atoms with Gasteiger partial charge in [0, 0.05) is 5.69 Å². The molecule has 0 unspecified atom stereocenters. The molecule has 0 bridgehead atoms. The van der Waals surface area contributed by atoms with Gasteiger partial charge in [-0.3, -0.25) is 15.1 Å². The maximum Gasteiger partial charge on any atom is 0.573 e. The summed E-state index contributed by atoms with van der Waals surface area (Å²) in [5.74, 6) is -1.04. The summed E-state index contributed by atoms with van der Waals surface area (Å²) in [6.07, 6.45) is -4.46. The van der Waals surface area contributed by atoms with Crippen LogP contribution in [0.5, 0.6) is 5.75 Å². The SMILES string of the molecule is Cc1ncc(OC(F)(F)F)c([N+](=O)[O-])c1CO. The Morgan fingerprint density at radius 2 is 2.18 bits per heavy atom. The lowest BCUT2D eigenvalue weighted by molar-refractivity contribution is -0.389. The Hall–Kier alpha value is -1.90. The van der Waals surface area contributed by atoms with Crippen molar-refractivity contribution in [3.8, 4) is 5.75 Å². The van der Waals surface area contributed by atoms with Gasteiger partial charge in [-0.2, -0.15) is 0 Å². The summed E-state index contributed by atoms with van der Waals surface area (Å²) < 4.78 is 39.4. The number of hydrogen-bond donors (Lipinski definition) is 1. The maximum absolute atomic E-state index is 12.0. The summed E-state index contributed by atoms with van der Waals surface area (Å²) in [4.78, 5) is 13.1. The van der Waals surface area contributed by atoms with E-state index in [1.54, 1.807) is 0 Å². The van der Waals surface area contributed by atoms with Gasteiger partial charge < -0.3 is 9.84 Å². The molecule has 0 fully saturated rings. The van der Waals surface area contributed by atoms with E-state index in [4.69, 9.17) is 5.11 Å². The zero-order valence-electron chi connectivity index (χ0n) is 8.48. The lowest BCUT2D eigenvalue weighted by Crippen LogP contribution is -2.19. The highest BCUT2D eigenvalue weighted by molar-refractivity contribution is 5.52. The number of aryl methyl sites for hydroxylation is 1. The van der Waals surface area contributed by atoms with Crippen LogP contribution >= 0.6 is 0 Å². The Morgan fingerprint density at radius 1 is 1.59 bits per heavy atom. The molecule has 1 aromatic heterocycles. The Kier molecular flexibility index (Phi) is 3.51. The van der Waals surface area contributed by atoms with Crippen LogP contribution < -0.4 is 4.74 Å². The van der Waals surface area contributed by atoms with E-state index in [-0.39, 0.29) is 11.3 Å². The van der Waals surface area contributed by atoms with Gasteiger partial charge in [0.15, 0.2) is 0 Å². The molecule has 0 amide bonds. The average Bonchev–Trinajstić information content (AvgIpc) is 2.17. The monoisotopic (exact) mass is 252 g/mol. The van der Waals surface area contributed by atoms with Crippen LogP contribution in [-0.2, 0) is 6.61 Å². The molecule has 6 nitrogen and oxygen atoms in total. The molecule has 1 aromatic rings. The third-order valence-electron chi connectivity index (χ3n) is 1.90. The first-order chi connectivity index (χ1) is 7.76. The molecule has 0 radical (unpaired) electrons. The summed E-state index contributed by atoms with van der Waals surface area (Å²) in [6.45, 7) is 0.528. The Labute approximate surface area is 92.8 Å². The van der Waals surface area contributed by atoms with Crippen LogP contribution in [0.15, 0.2) is 6.20 Å². The van der Waals surface area contributed by atoms with Gasteiger partial charge >= 0.3 is 12.0 Å². The molecule has 9 heteroatoms. The molecule has 94 valence electrons. The van der Waals surface area contributed by atoms with Crippen molar-refractivity contribution in [1.29, 1.82) is 0 Å². The van der Waals surface area contributed by atoms with Crippen molar-refractivity contribution in [2.75, 3.05) is 0 Å². The minimum Gasteiger partial charge on any atom is -0.397 e. The number of halogens is 3. The highest BCUT2D eigenvalue weighted by atomic mass is 19.4. The molecular formula is C8H7F3N2O4. The summed E-state index contributed by atoms with van der Waals surface area (Å²) in [5, 5.41) is 19.5. The molecule has 0 atom stereocenters. The molecule has 0 aliphatic heterocycles. The molecule has 1 N–H and O–H groups in total. The number of alkyl halides is 3. The molecular weight excluding hydrogens is 245 g/mol. The summed E-state index contributed by atoms with van der Waals surface area (Å²) in [6, 6.07) is 0. The van der Waals surface area contributed by atoms with Gasteiger partial charge in [0.25, 0.3) is 0 Å². The van der Waals surface area contributed by atoms with Gasteiger partial charge in [-0.1, -0.05) is 0 Å². The van der Waals surface area contributed by atoms with Crippen LogP contribution in [0.25, 0.3) is 0 Å². The van der Waals surface area contributed by atoms with E-state index < -0.39 is 29.3 Å². The fourth-order valence-electron chi connectivity index (χ4n) is 1.20. The van der Waals surface area contributed by atoms with E-state index >= 15 is 0 Å². The predicted molar refractivity (Wildman–Crippen MR) is 48.2 cm³/mol. The smallest absolute Gasteiger partial charge is 0.397 e. The Morgan fingerprint density at radius 3 is 2.59 bits per heavy atom. The Balaban J connectivity index is 3.36. The van der Waals surface area contributed by atoms with E-state index in [1.165, 1.54) is 6.92 Å². The second-order valence-corrected chi connectivity index (χ2v) is 3.00. The van der Waals surface area contributed by atoms with E-state index in [9.17, 15) is 23.3 Å². The lowest BCUT2D eigenvalue weighted by atomic mass is 10.1. The van der Waals surface area contributed by atoms with Gasteiger partial charge in [0.2, 0.25) is 5.75 Å². The molecule has 1 rings (SSSR count). The molecule has 0 saturated carbocycles. The highest BCUT2D eigenvalue weighted by Crippen LogP contribution is 2.35. The van der Waals surface area contributed by atoms with Crippen molar-refractivity contribution in [3.05, 3.63) is 27.6 Å². The van der Waals surface area contributed by atoms with E-state index in [1.807, 2.05) is 0 Å². The van der Waals surface area contributed by atoms with Crippen molar-refractivity contribution in [2.24, 2.45) is 0 Å². The van der Waals surface area contributed by atoms with Gasteiger partial charge in [0.1, 0.15) is 0 Å². The normalized spacial score (nSPS) is 11.4. The second kappa shape index (κ2) is 4.53. The van der Waals surface area contributed by atoms with Gasteiger partial charge in [-0.25, -0.2) is 0 Å². The first-order valence-electron chi connectivity index (χ1n) is 4.25. The predicted octanol–water partition coefficient (Wildman–Crippen LogP) is 1.69. The molecule has 17 heavy (non-hydrogen) atoms. The molecule has 0 aliphatic carbocycles. The summed E-state index contributed by atoms with van der Waals surface area (Å²) in [5.41, 5.74) is -1.18. The minimum absolute atomic E-state index is 0.0636. The van der Waals surface area contributed by atoms with Crippen molar-refractivity contribution in [1.82, 2.24) is 4.98 Å². The van der Waals surface area contributed by atoms with Crippen molar-refractivity contribution < 1.29 is 27.9 Å². The number of nitrogens with zero attached hydrogens (tertiary/aromatic N) is 2. The number of rotatable bonds is 3. The molecule has 0 aromatic carbocycles. The fourth-order valence-corrected chi connectivity index (χ4v) is 1.20. The largest absolute Gasteiger partial charge is 0.573 e. The highest BCUT2D eigenvalue weighted by Gasteiger charge is 2.36. The molecule has 0 aliphatic rings. The van der Waals surface area contributed by atoms with Crippen LogP contribution in [0.1, 0.15) is 11.3 Å². The maximum atomic E-state index is 12.0. The quantitative estimate of drug-likeness (QED) is 0.653. The van der Waals surface area contributed by atoms with Gasteiger partial charge in [0.05, 0.1) is 23.3 Å². The number of aliphatic hydroxyl groups is 1. The minimum atomic E-state index is -5.06. The number of ether oxygens (including phenoxy) is 1. The third-order valence-corrected chi connectivity index (χ3v) is 1.90. The van der Waals surface area contributed by atoms with Crippen LogP contribution in [0.4, 0.5) is 18.9 Å². The molecule has 0 saturated heterocycles. The lowest BCUT2D eigenvalue weighted by Gasteiger charge is -2.11. The van der Waals surface area contributed by atoms with Crippen LogP contribution in [0.2, 0.25) is 0 Å². The number of aromatic nitrogens is 1. The van der Waals surface area contributed by atoms with Crippen LogP contribution in [-0.4, -0.2) is 21.4 Å². The van der Waals surface area contributed by atoms with Gasteiger partial charge in [-0.15, -0.1) is 13.2 Å². The van der Waals surface area contributed by atoms with Crippen molar-refractivity contribution in [3.63, 3.8) is 0 Å². The first kappa shape index (κ1) is 13.2. The average molecular weight is 252 g/mol. The second-order valence-electron chi connectivity index (χ2n) is 3.00. The topological polar surface area (TPSA) is 85.5 Å². The fraction of sp³-hybridized carbons (Fsp3) is 0.375. The Bertz CT molecular complexity index is 447. The number of pyridine rings is 1. The van der Waals surface area contributed by atoms with Crippen molar-refractivity contribution >= 4 is 5.69 Å². The van der Waals surface area contributed by atoms with Gasteiger partial charge in [-0.05, 0) is 6.92 Å². The van der Waals surface area contributed by atoms with Crippen molar-refractivity contribution in [2.45, 2.75) is 19.9 Å². The number of aliphatic hydroxyl groups excluding tert-OH is 1. The van der Waals surface area contributed by atoms with E-state index in [0.717, 1.165) is 0 Å². The summed E-state index contributed by atoms with van der Waals surface area (Å²) in [7, 11) is 0. The first-order valence-corrected chi connectivity index (χ1v) is 4.25. The summed E-state index contributed by atoms with van der Waals surface area (Å²) >= 11 is 0. The van der Waals surface area contributed by atoms with E-state index in [2.05, 4.69) is 9.72 Å². The molecule has 1 heterocycles.